The molecule has 156 valence electrons. The molecular formula is C22H27N7O. The lowest BCUT2D eigenvalue weighted by molar-refractivity contribution is 0.210. The van der Waals surface area contributed by atoms with Crippen LogP contribution in [0.15, 0.2) is 23.3 Å². The maximum absolute atomic E-state index is 11.9. The molecule has 4 heterocycles. The van der Waals surface area contributed by atoms with Gasteiger partial charge in [-0.15, -0.1) is 0 Å². The van der Waals surface area contributed by atoms with Crippen molar-refractivity contribution in [2.24, 2.45) is 0 Å². The topological polar surface area (TPSA) is 113 Å². The van der Waals surface area contributed by atoms with Gasteiger partial charge in [0.05, 0.1) is 5.39 Å². The molecule has 3 aromatic heterocycles. The highest BCUT2D eigenvalue weighted by atomic mass is 16.1. The molecule has 2 aliphatic rings. The third-order valence-electron chi connectivity index (χ3n) is 6.39. The van der Waals surface area contributed by atoms with Crippen LogP contribution in [0.2, 0.25) is 0 Å². The van der Waals surface area contributed by atoms with E-state index in [0.717, 1.165) is 61.8 Å². The third-order valence-corrected chi connectivity index (χ3v) is 6.39. The summed E-state index contributed by atoms with van der Waals surface area (Å²) < 4.78 is 0. The number of rotatable bonds is 4. The molecule has 4 N–H and O–H groups in total. The van der Waals surface area contributed by atoms with Gasteiger partial charge in [0, 0.05) is 55.4 Å². The molecule has 0 amide bonds. The first-order valence-electron chi connectivity index (χ1n) is 10.7. The van der Waals surface area contributed by atoms with E-state index >= 15 is 0 Å². The van der Waals surface area contributed by atoms with E-state index in [0.29, 0.717) is 24.0 Å². The number of aryl methyl sites for hydroxylation is 2. The lowest BCUT2D eigenvalue weighted by atomic mass is 10.0. The largest absolute Gasteiger partial charge is 0.383 e. The van der Waals surface area contributed by atoms with E-state index in [1.165, 1.54) is 11.1 Å². The van der Waals surface area contributed by atoms with Crippen LogP contribution in [0.5, 0.6) is 0 Å². The Bertz CT molecular complexity index is 1150. The fraction of sp³-hybridized carbons (Fsp3) is 0.455. The standard InChI is InChI=1S/C22H27N7O/c1-13-16-3-2-4-17(16)26-21-19(13)20(23)27-22(28-21)25-15-6-9-29(10-7-15)12-14-11-24-8-5-18(14)30/h5,8,11,15H,2-4,6-7,9-10,12H2,1H3,(H,24,30)(H3,23,25,26,27,28). The van der Waals surface area contributed by atoms with Crippen molar-refractivity contribution in [2.45, 2.75) is 51.6 Å². The number of nitrogens with zero attached hydrogens (tertiary/aromatic N) is 4. The third kappa shape index (κ3) is 3.52. The van der Waals surface area contributed by atoms with Crippen LogP contribution < -0.4 is 16.5 Å². The second kappa shape index (κ2) is 7.68. The number of pyridine rings is 2. The highest BCUT2D eigenvalue weighted by molar-refractivity contribution is 5.90. The summed E-state index contributed by atoms with van der Waals surface area (Å²) in [6, 6.07) is 1.86. The van der Waals surface area contributed by atoms with Crippen molar-refractivity contribution in [3.05, 3.63) is 51.1 Å². The zero-order chi connectivity index (χ0) is 20.7. The summed E-state index contributed by atoms with van der Waals surface area (Å²) in [5.41, 5.74) is 11.6. The summed E-state index contributed by atoms with van der Waals surface area (Å²) in [5, 5.41) is 4.35. The SMILES string of the molecule is Cc1c2c(nc3nc(NC4CCN(Cc5c[nH]ccc5=O)CC4)nc(N)c13)CCC2. The van der Waals surface area contributed by atoms with Crippen molar-refractivity contribution in [3.8, 4) is 0 Å². The van der Waals surface area contributed by atoms with E-state index in [1.54, 1.807) is 18.5 Å². The number of hydrogen-bond donors (Lipinski definition) is 3. The predicted molar refractivity (Wildman–Crippen MR) is 117 cm³/mol. The lowest BCUT2D eigenvalue weighted by Crippen LogP contribution is -2.39. The normalized spacial score (nSPS) is 17.4. The summed E-state index contributed by atoms with van der Waals surface area (Å²) in [6.07, 6.45) is 8.61. The van der Waals surface area contributed by atoms with Crippen molar-refractivity contribution in [2.75, 3.05) is 24.1 Å². The summed E-state index contributed by atoms with van der Waals surface area (Å²) in [6.45, 7) is 4.62. The number of nitrogen functional groups attached to an aromatic ring is 1. The molecule has 0 radical (unpaired) electrons. The average Bonchev–Trinajstić information content (AvgIpc) is 3.20. The Kier molecular flexibility index (Phi) is 4.86. The highest BCUT2D eigenvalue weighted by Gasteiger charge is 2.23. The maximum atomic E-state index is 11.9. The minimum Gasteiger partial charge on any atom is -0.383 e. The van der Waals surface area contributed by atoms with Crippen molar-refractivity contribution < 1.29 is 0 Å². The van der Waals surface area contributed by atoms with E-state index in [1.807, 2.05) is 0 Å². The quantitative estimate of drug-likeness (QED) is 0.610. The minimum atomic E-state index is 0.0864. The van der Waals surface area contributed by atoms with Crippen LogP contribution in [0.1, 0.15) is 41.6 Å². The van der Waals surface area contributed by atoms with Gasteiger partial charge in [-0.3, -0.25) is 9.69 Å². The summed E-state index contributed by atoms with van der Waals surface area (Å²) in [7, 11) is 0. The van der Waals surface area contributed by atoms with Crippen LogP contribution in [0, 0.1) is 6.92 Å². The number of nitrogens with two attached hydrogens (primary N) is 1. The number of piperidine rings is 1. The molecule has 0 atom stereocenters. The molecule has 8 heteroatoms. The number of likely N-dealkylation sites (tertiary alicyclic amines) is 1. The molecule has 0 aromatic carbocycles. The van der Waals surface area contributed by atoms with Gasteiger partial charge in [-0.25, -0.2) is 4.98 Å². The van der Waals surface area contributed by atoms with Gasteiger partial charge >= 0.3 is 0 Å². The Labute approximate surface area is 174 Å². The maximum Gasteiger partial charge on any atom is 0.226 e. The second-order valence-electron chi connectivity index (χ2n) is 8.38. The predicted octanol–water partition coefficient (Wildman–Crippen LogP) is 2.17. The summed E-state index contributed by atoms with van der Waals surface area (Å²) in [4.78, 5) is 31.3. The molecule has 0 unspecified atom stereocenters. The van der Waals surface area contributed by atoms with Gasteiger partial charge in [0.15, 0.2) is 11.1 Å². The molecule has 0 bridgehead atoms. The van der Waals surface area contributed by atoms with E-state index in [9.17, 15) is 4.79 Å². The van der Waals surface area contributed by atoms with Gasteiger partial charge in [-0.2, -0.15) is 9.97 Å². The summed E-state index contributed by atoms with van der Waals surface area (Å²) in [5.74, 6) is 1.06. The van der Waals surface area contributed by atoms with Gasteiger partial charge < -0.3 is 16.0 Å². The number of fused-ring (bicyclic) bond motifs is 2. The Morgan fingerprint density at radius 3 is 2.87 bits per heavy atom. The first-order valence-corrected chi connectivity index (χ1v) is 10.7. The highest BCUT2D eigenvalue weighted by Crippen LogP contribution is 2.31. The fourth-order valence-electron chi connectivity index (χ4n) is 4.74. The monoisotopic (exact) mass is 405 g/mol. The lowest BCUT2D eigenvalue weighted by Gasteiger charge is -2.32. The Hall–Kier alpha value is -3.00. The average molecular weight is 406 g/mol. The smallest absolute Gasteiger partial charge is 0.226 e. The second-order valence-corrected chi connectivity index (χ2v) is 8.38. The molecule has 5 rings (SSSR count). The molecule has 1 saturated heterocycles. The number of anilines is 2. The van der Waals surface area contributed by atoms with E-state index in [-0.39, 0.29) is 11.5 Å². The van der Waals surface area contributed by atoms with Gasteiger partial charge in [-0.1, -0.05) is 0 Å². The van der Waals surface area contributed by atoms with Gasteiger partial charge in [-0.05, 0) is 50.2 Å². The Morgan fingerprint density at radius 2 is 2.07 bits per heavy atom. The minimum absolute atomic E-state index is 0.0864. The van der Waals surface area contributed by atoms with E-state index in [2.05, 4.69) is 27.1 Å². The molecule has 0 saturated carbocycles. The fourth-order valence-corrected chi connectivity index (χ4v) is 4.74. The molecule has 0 spiro atoms. The van der Waals surface area contributed by atoms with Crippen molar-refractivity contribution >= 4 is 22.8 Å². The molecular weight excluding hydrogens is 378 g/mol. The van der Waals surface area contributed by atoms with Crippen LogP contribution in [-0.2, 0) is 19.4 Å². The van der Waals surface area contributed by atoms with Gasteiger partial charge in [0.2, 0.25) is 5.95 Å². The molecule has 1 fully saturated rings. The molecule has 1 aliphatic carbocycles. The summed E-state index contributed by atoms with van der Waals surface area (Å²) >= 11 is 0. The van der Waals surface area contributed by atoms with Crippen molar-refractivity contribution in [1.29, 1.82) is 0 Å². The number of aromatic amines is 1. The van der Waals surface area contributed by atoms with Crippen molar-refractivity contribution in [3.63, 3.8) is 0 Å². The number of nitrogens with one attached hydrogen (secondary N) is 2. The van der Waals surface area contributed by atoms with Crippen LogP contribution in [0.3, 0.4) is 0 Å². The Morgan fingerprint density at radius 1 is 1.23 bits per heavy atom. The molecule has 30 heavy (non-hydrogen) atoms. The molecule has 8 nitrogen and oxygen atoms in total. The number of H-pyrrole nitrogens is 1. The number of aromatic nitrogens is 4. The van der Waals surface area contributed by atoms with Crippen LogP contribution in [0.25, 0.3) is 11.0 Å². The zero-order valence-electron chi connectivity index (χ0n) is 17.2. The van der Waals surface area contributed by atoms with Gasteiger partial charge in [0.25, 0.3) is 0 Å². The molecule has 1 aliphatic heterocycles. The van der Waals surface area contributed by atoms with Crippen LogP contribution in [-0.4, -0.2) is 44.0 Å². The first-order chi connectivity index (χ1) is 14.6. The van der Waals surface area contributed by atoms with Crippen molar-refractivity contribution in [1.82, 2.24) is 24.8 Å². The van der Waals surface area contributed by atoms with E-state index < -0.39 is 0 Å². The molecule has 3 aromatic rings. The van der Waals surface area contributed by atoms with Crippen LogP contribution in [0.4, 0.5) is 11.8 Å². The zero-order valence-corrected chi connectivity index (χ0v) is 17.2. The Balaban J connectivity index is 1.28. The number of hydrogen-bond acceptors (Lipinski definition) is 7. The van der Waals surface area contributed by atoms with E-state index in [4.69, 9.17) is 15.7 Å². The van der Waals surface area contributed by atoms with Crippen LogP contribution >= 0.6 is 0 Å². The van der Waals surface area contributed by atoms with Gasteiger partial charge in [0.1, 0.15) is 5.82 Å². The first kappa shape index (κ1) is 19.0.